The van der Waals surface area contributed by atoms with Gasteiger partial charge in [0.25, 0.3) is 0 Å². The molecule has 0 amide bonds. The molecule has 0 aliphatic carbocycles. The molecule has 1 aromatic rings. The summed E-state index contributed by atoms with van der Waals surface area (Å²) >= 11 is 5.02. The van der Waals surface area contributed by atoms with E-state index in [4.69, 9.17) is 21.1 Å². The standard InChI is InChI=1S/C14H16ClF3O2/c15-13(14(16,17)18)8-11-19-9-4-5-10-20-12-6-2-1-3-7-12/h1-3,6-8H,4-5,9-11H2/b13-8-. The van der Waals surface area contributed by atoms with E-state index in [2.05, 4.69) is 0 Å². The fourth-order valence-corrected chi connectivity index (χ4v) is 1.41. The van der Waals surface area contributed by atoms with Crippen molar-refractivity contribution in [2.75, 3.05) is 19.8 Å². The highest BCUT2D eigenvalue weighted by molar-refractivity contribution is 6.30. The number of hydrogen-bond acceptors (Lipinski definition) is 2. The minimum absolute atomic E-state index is 0.141. The SMILES string of the molecule is FC(F)(F)/C(Cl)=C/COCCCCOc1ccccc1. The number of unbranched alkanes of at least 4 members (excludes halogenated alkanes) is 1. The molecular formula is C14H16ClF3O2. The molecular weight excluding hydrogens is 293 g/mol. The molecule has 0 heterocycles. The first-order chi connectivity index (χ1) is 9.50. The molecule has 0 spiro atoms. The van der Waals surface area contributed by atoms with E-state index in [1.165, 1.54) is 0 Å². The molecule has 0 radical (unpaired) electrons. The van der Waals surface area contributed by atoms with Crippen LogP contribution in [0.2, 0.25) is 0 Å². The zero-order valence-corrected chi connectivity index (χ0v) is 11.6. The number of hydrogen-bond donors (Lipinski definition) is 0. The lowest BCUT2D eigenvalue weighted by atomic mass is 10.3. The van der Waals surface area contributed by atoms with E-state index in [0.29, 0.717) is 19.6 Å². The van der Waals surface area contributed by atoms with Gasteiger partial charge in [-0.05, 0) is 31.1 Å². The number of allylic oxidation sites excluding steroid dienone is 1. The number of para-hydroxylation sites is 1. The number of halogens is 4. The van der Waals surface area contributed by atoms with Crippen molar-refractivity contribution in [2.24, 2.45) is 0 Å². The van der Waals surface area contributed by atoms with Gasteiger partial charge in [0.2, 0.25) is 0 Å². The first-order valence-corrected chi connectivity index (χ1v) is 6.56. The summed E-state index contributed by atoms with van der Waals surface area (Å²) in [6.07, 6.45) is -2.19. The van der Waals surface area contributed by atoms with Gasteiger partial charge < -0.3 is 9.47 Å². The van der Waals surface area contributed by atoms with Crippen LogP contribution in [0.3, 0.4) is 0 Å². The van der Waals surface area contributed by atoms with Crippen molar-refractivity contribution in [3.63, 3.8) is 0 Å². The summed E-state index contributed by atoms with van der Waals surface area (Å²) in [5.41, 5.74) is 0. The van der Waals surface area contributed by atoms with Crippen LogP contribution in [0.1, 0.15) is 12.8 Å². The maximum atomic E-state index is 12.0. The average Bonchev–Trinajstić information content (AvgIpc) is 2.41. The van der Waals surface area contributed by atoms with Gasteiger partial charge in [0.1, 0.15) is 10.8 Å². The molecule has 2 nitrogen and oxygen atoms in total. The second kappa shape index (κ2) is 8.87. The van der Waals surface area contributed by atoms with Gasteiger partial charge in [0.15, 0.2) is 0 Å². The molecule has 1 rings (SSSR count). The highest BCUT2D eigenvalue weighted by atomic mass is 35.5. The first-order valence-electron chi connectivity index (χ1n) is 6.18. The molecule has 20 heavy (non-hydrogen) atoms. The molecule has 0 fully saturated rings. The third kappa shape index (κ3) is 7.40. The summed E-state index contributed by atoms with van der Waals surface area (Å²) in [5, 5.41) is -1.15. The van der Waals surface area contributed by atoms with Crippen LogP contribution in [0.5, 0.6) is 5.75 Å². The lowest BCUT2D eigenvalue weighted by Crippen LogP contribution is -2.08. The second-order valence-corrected chi connectivity index (χ2v) is 4.40. The number of ether oxygens (including phenoxy) is 2. The summed E-state index contributed by atoms with van der Waals surface area (Å²) in [6, 6.07) is 9.39. The Hall–Kier alpha value is -1.20. The average molecular weight is 309 g/mol. The Morgan fingerprint density at radius 2 is 1.75 bits per heavy atom. The maximum absolute atomic E-state index is 12.0. The summed E-state index contributed by atoms with van der Waals surface area (Å²) in [4.78, 5) is 0. The van der Waals surface area contributed by atoms with Gasteiger partial charge in [0.05, 0.1) is 13.2 Å². The fraction of sp³-hybridized carbons (Fsp3) is 0.429. The van der Waals surface area contributed by atoms with Crippen LogP contribution < -0.4 is 4.74 Å². The quantitative estimate of drug-likeness (QED) is 0.656. The van der Waals surface area contributed by atoms with Crippen molar-refractivity contribution in [1.82, 2.24) is 0 Å². The van der Waals surface area contributed by atoms with Crippen molar-refractivity contribution in [3.8, 4) is 5.75 Å². The second-order valence-electron chi connectivity index (χ2n) is 3.99. The number of alkyl halides is 3. The Morgan fingerprint density at radius 1 is 1.10 bits per heavy atom. The summed E-state index contributed by atoms with van der Waals surface area (Å²) in [7, 11) is 0. The van der Waals surface area contributed by atoms with Gasteiger partial charge in [-0.1, -0.05) is 29.8 Å². The molecule has 0 bridgehead atoms. The lowest BCUT2D eigenvalue weighted by Gasteiger charge is -2.06. The molecule has 0 saturated carbocycles. The van der Waals surface area contributed by atoms with Crippen LogP contribution in [0.25, 0.3) is 0 Å². The molecule has 0 unspecified atom stereocenters. The topological polar surface area (TPSA) is 18.5 Å². The molecule has 0 atom stereocenters. The van der Waals surface area contributed by atoms with E-state index < -0.39 is 11.2 Å². The van der Waals surface area contributed by atoms with Crippen LogP contribution in [-0.2, 0) is 4.74 Å². The van der Waals surface area contributed by atoms with Gasteiger partial charge in [-0.3, -0.25) is 0 Å². The minimum Gasteiger partial charge on any atom is -0.494 e. The smallest absolute Gasteiger partial charge is 0.426 e. The van der Waals surface area contributed by atoms with Crippen molar-refractivity contribution in [3.05, 3.63) is 41.4 Å². The predicted molar refractivity (Wildman–Crippen MR) is 72.0 cm³/mol. The van der Waals surface area contributed by atoms with Crippen LogP contribution in [0.15, 0.2) is 41.4 Å². The number of benzene rings is 1. The third-order valence-corrected chi connectivity index (χ3v) is 2.71. The van der Waals surface area contributed by atoms with Gasteiger partial charge in [-0.15, -0.1) is 0 Å². The Labute approximate surface area is 121 Å². The van der Waals surface area contributed by atoms with Gasteiger partial charge in [0, 0.05) is 6.61 Å². The van der Waals surface area contributed by atoms with E-state index in [-0.39, 0.29) is 6.61 Å². The van der Waals surface area contributed by atoms with Crippen LogP contribution in [0, 0.1) is 0 Å². The molecule has 0 aliphatic rings. The van der Waals surface area contributed by atoms with E-state index >= 15 is 0 Å². The molecule has 1 aromatic carbocycles. The minimum atomic E-state index is -4.49. The Kier molecular flexibility index (Phi) is 7.47. The van der Waals surface area contributed by atoms with Gasteiger partial charge in [-0.2, -0.15) is 13.2 Å². The fourth-order valence-electron chi connectivity index (χ4n) is 1.34. The van der Waals surface area contributed by atoms with E-state index in [9.17, 15) is 13.2 Å². The van der Waals surface area contributed by atoms with Crippen LogP contribution in [-0.4, -0.2) is 26.0 Å². The Morgan fingerprint density at radius 3 is 2.40 bits per heavy atom. The van der Waals surface area contributed by atoms with Crippen LogP contribution >= 0.6 is 11.6 Å². The summed E-state index contributed by atoms with van der Waals surface area (Å²) in [6.45, 7) is 0.779. The van der Waals surface area contributed by atoms with E-state index in [1.807, 2.05) is 30.3 Å². The van der Waals surface area contributed by atoms with Crippen molar-refractivity contribution in [2.45, 2.75) is 19.0 Å². The molecule has 6 heteroatoms. The molecule has 0 saturated heterocycles. The molecule has 0 N–H and O–H groups in total. The zero-order chi connectivity index (χ0) is 14.8. The predicted octanol–water partition coefficient (Wildman–Crippen LogP) is 4.55. The molecule has 0 aromatic heterocycles. The largest absolute Gasteiger partial charge is 0.494 e. The molecule has 112 valence electrons. The molecule has 0 aliphatic heterocycles. The van der Waals surface area contributed by atoms with Crippen LogP contribution in [0.4, 0.5) is 13.2 Å². The highest BCUT2D eigenvalue weighted by Crippen LogP contribution is 2.28. The summed E-state index contributed by atoms with van der Waals surface area (Å²) in [5.74, 6) is 0.799. The first kappa shape index (κ1) is 16.9. The van der Waals surface area contributed by atoms with Gasteiger partial charge >= 0.3 is 6.18 Å². The summed E-state index contributed by atoms with van der Waals surface area (Å²) < 4.78 is 46.5. The van der Waals surface area contributed by atoms with Crippen molar-refractivity contribution in [1.29, 1.82) is 0 Å². The van der Waals surface area contributed by atoms with Crippen molar-refractivity contribution >= 4 is 11.6 Å². The maximum Gasteiger partial charge on any atom is 0.426 e. The van der Waals surface area contributed by atoms with E-state index in [0.717, 1.165) is 18.2 Å². The van der Waals surface area contributed by atoms with Crippen molar-refractivity contribution < 1.29 is 22.6 Å². The number of rotatable bonds is 8. The van der Waals surface area contributed by atoms with Gasteiger partial charge in [-0.25, -0.2) is 0 Å². The third-order valence-electron chi connectivity index (χ3n) is 2.35. The Bertz CT molecular complexity index is 405. The van der Waals surface area contributed by atoms with E-state index in [1.54, 1.807) is 0 Å². The lowest BCUT2D eigenvalue weighted by molar-refractivity contribution is -0.0850. The highest BCUT2D eigenvalue weighted by Gasteiger charge is 2.31. The monoisotopic (exact) mass is 308 g/mol. The normalized spacial score (nSPS) is 12.5. The zero-order valence-electron chi connectivity index (χ0n) is 10.8. The Balaban J connectivity index is 2.00.